The van der Waals surface area contributed by atoms with Gasteiger partial charge in [-0.2, -0.15) is 0 Å². The fourth-order valence-corrected chi connectivity index (χ4v) is 3.11. The highest BCUT2D eigenvalue weighted by atomic mass is 16.2. The Balaban J connectivity index is 1.87. The van der Waals surface area contributed by atoms with Crippen molar-refractivity contribution < 1.29 is 9.59 Å². The van der Waals surface area contributed by atoms with Crippen LogP contribution in [0.25, 0.3) is 0 Å². The largest absolute Gasteiger partial charge is 0.364 e. The lowest BCUT2D eigenvalue weighted by Crippen LogP contribution is -2.28. The monoisotopic (exact) mass is 353 g/mol. The molecule has 0 unspecified atom stereocenters. The van der Waals surface area contributed by atoms with Crippen LogP contribution < -0.4 is 16.0 Å². The second-order valence-corrected chi connectivity index (χ2v) is 6.53. The van der Waals surface area contributed by atoms with Gasteiger partial charge in [-0.1, -0.05) is 12.8 Å². The summed E-state index contributed by atoms with van der Waals surface area (Å²) < 4.78 is 0. The molecule has 1 aliphatic heterocycles. The van der Waals surface area contributed by atoms with Gasteiger partial charge in [0.25, 0.3) is 11.8 Å². The summed E-state index contributed by atoms with van der Waals surface area (Å²) in [5.74, 6) is -0.190. The molecule has 3 N–H and O–H groups in total. The minimum atomic E-state index is -0.636. The first-order chi connectivity index (χ1) is 12.5. The standard InChI is InChI=1S/C19H23N5O2/c1-13-10-15(18(22-12-13)24-8-4-2-3-5-9-24)19(26)23-14-6-7-21-16(11-14)17(20)25/h6-7,10-12H,2-5,8-9H2,1H3,(H2,20,25)(H,21,23,26). The predicted molar refractivity (Wildman–Crippen MR) is 100 cm³/mol. The van der Waals surface area contributed by atoms with Gasteiger partial charge >= 0.3 is 0 Å². The van der Waals surface area contributed by atoms with Crippen LogP contribution in [-0.2, 0) is 0 Å². The zero-order valence-corrected chi connectivity index (χ0v) is 14.9. The van der Waals surface area contributed by atoms with Crippen LogP contribution >= 0.6 is 0 Å². The summed E-state index contributed by atoms with van der Waals surface area (Å²) in [6.45, 7) is 3.71. The number of carbonyl (C=O) groups excluding carboxylic acids is 2. The number of carbonyl (C=O) groups is 2. The molecular formula is C19H23N5O2. The van der Waals surface area contributed by atoms with Crippen LogP contribution in [0, 0.1) is 6.92 Å². The number of anilines is 2. The molecule has 1 fully saturated rings. The van der Waals surface area contributed by atoms with Gasteiger partial charge in [-0.25, -0.2) is 4.98 Å². The van der Waals surface area contributed by atoms with Gasteiger partial charge in [-0.05, 0) is 43.5 Å². The van der Waals surface area contributed by atoms with E-state index in [2.05, 4.69) is 20.2 Å². The van der Waals surface area contributed by atoms with Crippen molar-refractivity contribution in [3.63, 3.8) is 0 Å². The molecule has 0 spiro atoms. The number of pyridine rings is 2. The molecule has 2 amide bonds. The number of aryl methyl sites for hydroxylation is 1. The van der Waals surface area contributed by atoms with E-state index in [0.717, 1.165) is 31.5 Å². The quantitative estimate of drug-likeness (QED) is 0.879. The second-order valence-electron chi connectivity index (χ2n) is 6.53. The lowest BCUT2D eigenvalue weighted by atomic mass is 10.1. The average molecular weight is 353 g/mol. The van der Waals surface area contributed by atoms with Crippen molar-refractivity contribution in [2.24, 2.45) is 5.73 Å². The number of nitrogens with two attached hydrogens (primary N) is 1. The molecule has 1 saturated heterocycles. The zero-order chi connectivity index (χ0) is 18.5. The minimum absolute atomic E-state index is 0.109. The van der Waals surface area contributed by atoms with E-state index in [9.17, 15) is 9.59 Å². The van der Waals surface area contributed by atoms with Crippen molar-refractivity contribution in [3.8, 4) is 0 Å². The third kappa shape index (κ3) is 4.17. The first-order valence-electron chi connectivity index (χ1n) is 8.83. The molecule has 1 aliphatic rings. The summed E-state index contributed by atoms with van der Waals surface area (Å²) >= 11 is 0. The van der Waals surface area contributed by atoms with Gasteiger partial charge in [0.1, 0.15) is 11.5 Å². The fourth-order valence-electron chi connectivity index (χ4n) is 3.11. The van der Waals surface area contributed by atoms with Gasteiger partial charge in [-0.15, -0.1) is 0 Å². The van der Waals surface area contributed by atoms with E-state index < -0.39 is 5.91 Å². The lowest BCUT2D eigenvalue weighted by Gasteiger charge is -2.24. The van der Waals surface area contributed by atoms with E-state index in [1.54, 1.807) is 12.3 Å². The highest BCUT2D eigenvalue weighted by molar-refractivity contribution is 6.08. The molecule has 0 bridgehead atoms. The Morgan fingerprint density at radius 3 is 2.54 bits per heavy atom. The minimum Gasteiger partial charge on any atom is -0.364 e. The van der Waals surface area contributed by atoms with E-state index in [4.69, 9.17) is 5.73 Å². The molecule has 3 rings (SSSR count). The van der Waals surface area contributed by atoms with Crippen LogP contribution in [0.3, 0.4) is 0 Å². The molecule has 136 valence electrons. The smallest absolute Gasteiger partial charge is 0.267 e. The van der Waals surface area contributed by atoms with Gasteiger partial charge in [0.2, 0.25) is 0 Å². The number of nitrogens with one attached hydrogen (secondary N) is 1. The third-order valence-electron chi connectivity index (χ3n) is 4.42. The van der Waals surface area contributed by atoms with Crippen molar-refractivity contribution in [1.29, 1.82) is 0 Å². The van der Waals surface area contributed by atoms with E-state index in [-0.39, 0.29) is 11.6 Å². The molecule has 2 aromatic heterocycles. The molecular weight excluding hydrogens is 330 g/mol. The van der Waals surface area contributed by atoms with Crippen LogP contribution in [-0.4, -0.2) is 34.9 Å². The highest BCUT2D eigenvalue weighted by Gasteiger charge is 2.20. The first-order valence-corrected chi connectivity index (χ1v) is 8.83. The van der Waals surface area contributed by atoms with E-state index in [1.165, 1.54) is 25.1 Å². The molecule has 2 aromatic rings. The van der Waals surface area contributed by atoms with Gasteiger partial charge in [-0.3, -0.25) is 14.6 Å². The van der Waals surface area contributed by atoms with Crippen LogP contribution in [0.4, 0.5) is 11.5 Å². The average Bonchev–Trinajstić information content (AvgIpc) is 2.91. The van der Waals surface area contributed by atoms with Crippen molar-refractivity contribution in [2.45, 2.75) is 32.6 Å². The molecule has 0 atom stereocenters. The van der Waals surface area contributed by atoms with Crippen LogP contribution in [0.2, 0.25) is 0 Å². The van der Waals surface area contributed by atoms with Crippen molar-refractivity contribution in [1.82, 2.24) is 9.97 Å². The number of amides is 2. The zero-order valence-electron chi connectivity index (χ0n) is 14.9. The summed E-state index contributed by atoms with van der Waals surface area (Å²) in [7, 11) is 0. The molecule has 3 heterocycles. The molecule has 26 heavy (non-hydrogen) atoms. The molecule has 0 saturated carbocycles. The SMILES string of the molecule is Cc1cnc(N2CCCCCC2)c(C(=O)Nc2ccnc(C(N)=O)c2)c1. The summed E-state index contributed by atoms with van der Waals surface area (Å²) in [6, 6.07) is 4.94. The van der Waals surface area contributed by atoms with Crippen LogP contribution in [0.15, 0.2) is 30.6 Å². The van der Waals surface area contributed by atoms with Gasteiger partial charge < -0.3 is 16.0 Å². The van der Waals surface area contributed by atoms with E-state index in [0.29, 0.717) is 17.1 Å². The third-order valence-corrected chi connectivity index (χ3v) is 4.42. The Bertz CT molecular complexity index is 813. The van der Waals surface area contributed by atoms with Crippen molar-refractivity contribution >= 4 is 23.3 Å². The van der Waals surface area contributed by atoms with Crippen LogP contribution in [0.5, 0.6) is 0 Å². The Hall–Kier alpha value is -2.96. The highest BCUT2D eigenvalue weighted by Crippen LogP contribution is 2.23. The lowest BCUT2D eigenvalue weighted by molar-refractivity contribution is 0.0992. The fraction of sp³-hybridized carbons (Fsp3) is 0.368. The Kier molecular flexibility index (Phi) is 5.46. The molecule has 0 aliphatic carbocycles. The van der Waals surface area contributed by atoms with Gasteiger partial charge in [0.05, 0.1) is 5.56 Å². The molecule has 7 heteroatoms. The number of rotatable bonds is 4. The molecule has 0 aromatic carbocycles. The Labute approximate surface area is 152 Å². The summed E-state index contributed by atoms with van der Waals surface area (Å²) in [5, 5.41) is 2.82. The molecule has 7 nitrogen and oxygen atoms in total. The summed E-state index contributed by atoms with van der Waals surface area (Å²) in [5.41, 5.74) is 7.28. The van der Waals surface area contributed by atoms with Crippen molar-refractivity contribution in [2.75, 3.05) is 23.3 Å². The maximum absolute atomic E-state index is 12.9. The number of nitrogens with zero attached hydrogens (tertiary/aromatic N) is 3. The van der Waals surface area contributed by atoms with Crippen molar-refractivity contribution in [3.05, 3.63) is 47.4 Å². The maximum Gasteiger partial charge on any atom is 0.267 e. The van der Waals surface area contributed by atoms with Gasteiger partial charge in [0.15, 0.2) is 0 Å². The predicted octanol–water partition coefficient (Wildman–Crippen LogP) is 2.52. The number of hydrogen-bond donors (Lipinski definition) is 2. The Morgan fingerprint density at radius 1 is 1.12 bits per heavy atom. The second kappa shape index (κ2) is 7.95. The first kappa shape index (κ1) is 17.8. The normalized spacial score (nSPS) is 14.6. The maximum atomic E-state index is 12.9. The number of hydrogen-bond acceptors (Lipinski definition) is 5. The Morgan fingerprint density at radius 2 is 1.85 bits per heavy atom. The van der Waals surface area contributed by atoms with Gasteiger partial charge in [0, 0.05) is 31.2 Å². The van der Waals surface area contributed by atoms with Crippen LogP contribution in [0.1, 0.15) is 52.1 Å². The molecule has 0 radical (unpaired) electrons. The van der Waals surface area contributed by atoms with E-state index >= 15 is 0 Å². The van der Waals surface area contributed by atoms with E-state index in [1.807, 2.05) is 13.0 Å². The number of primary amides is 1. The summed E-state index contributed by atoms with van der Waals surface area (Å²) in [6.07, 6.45) is 7.84. The topological polar surface area (TPSA) is 101 Å². The summed E-state index contributed by atoms with van der Waals surface area (Å²) in [4.78, 5) is 34.8. The number of aromatic nitrogens is 2.